The van der Waals surface area contributed by atoms with Gasteiger partial charge in [-0.05, 0) is 29.8 Å². The molecule has 4 aromatic heterocycles. The summed E-state index contributed by atoms with van der Waals surface area (Å²) in [5.74, 6) is 0.718. The molecule has 0 saturated heterocycles. The first-order valence-electron chi connectivity index (χ1n) is 9.11. The van der Waals surface area contributed by atoms with E-state index in [0.717, 1.165) is 33.8 Å². The topological polar surface area (TPSA) is 82.5 Å². The second kappa shape index (κ2) is 7.47. The van der Waals surface area contributed by atoms with E-state index in [0.29, 0.717) is 12.2 Å². The average Bonchev–Trinajstić information content (AvgIpc) is 3.45. The molecule has 0 amide bonds. The van der Waals surface area contributed by atoms with Crippen LogP contribution in [-0.4, -0.2) is 29.9 Å². The van der Waals surface area contributed by atoms with E-state index in [4.69, 9.17) is 4.52 Å². The Kier molecular flexibility index (Phi) is 4.38. The fourth-order valence-electron chi connectivity index (χ4n) is 3.09. The van der Waals surface area contributed by atoms with Crippen molar-refractivity contribution in [3.8, 4) is 33.8 Å². The van der Waals surface area contributed by atoms with Crippen LogP contribution in [0.3, 0.4) is 0 Å². The minimum absolute atomic E-state index is 0.492. The zero-order chi connectivity index (χ0) is 19.5. The molecule has 0 atom stereocenters. The van der Waals surface area contributed by atoms with Crippen molar-refractivity contribution >= 4 is 0 Å². The van der Waals surface area contributed by atoms with Crippen molar-refractivity contribution in [2.45, 2.75) is 6.54 Å². The van der Waals surface area contributed by atoms with Gasteiger partial charge in [0.25, 0.3) is 0 Å². The van der Waals surface area contributed by atoms with Gasteiger partial charge in [-0.15, -0.1) is 0 Å². The highest BCUT2D eigenvalue weighted by atomic mass is 16.5. The molecule has 5 aromatic rings. The van der Waals surface area contributed by atoms with E-state index in [1.165, 1.54) is 6.33 Å². The van der Waals surface area contributed by atoms with Crippen molar-refractivity contribution in [2.75, 3.05) is 0 Å². The van der Waals surface area contributed by atoms with Crippen molar-refractivity contribution in [3.05, 3.63) is 91.5 Å². The second-order valence-corrected chi connectivity index (χ2v) is 6.50. The molecule has 7 heteroatoms. The van der Waals surface area contributed by atoms with Crippen LogP contribution in [0.4, 0.5) is 0 Å². The highest BCUT2D eigenvalue weighted by molar-refractivity contribution is 5.70. The van der Waals surface area contributed by atoms with Crippen molar-refractivity contribution in [1.29, 1.82) is 0 Å². The molecule has 29 heavy (non-hydrogen) atoms. The lowest BCUT2D eigenvalue weighted by atomic mass is 10.0. The normalized spacial score (nSPS) is 10.9. The maximum Gasteiger partial charge on any atom is 0.158 e. The molecule has 0 radical (unpaired) electrons. The van der Waals surface area contributed by atoms with Gasteiger partial charge in [0.2, 0.25) is 0 Å². The van der Waals surface area contributed by atoms with Gasteiger partial charge < -0.3 is 4.52 Å². The minimum atomic E-state index is 0.492. The van der Waals surface area contributed by atoms with E-state index in [2.05, 4.69) is 31.3 Å². The molecule has 4 heterocycles. The SMILES string of the molecule is c1ccc(-c2cc(Cn3ccc(-c4cccc(-c5cncnc5)c4)n3)on2)nc1. The molecule has 0 aliphatic rings. The standard InChI is InChI=1S/C22H16N6O/c1-2-8-25-21(6-1)22-11-19(29-27-22)14-28-9-7-20(26-28)17-5-3-4-16(10-17)18-12-23-15-24-13-18/h1-13,15H,14H2. The summed E-state index contributed by atoms with van der Waals surface area (Å²) in [4.78, 5) is 12.5. The van der Waals surface area contributed by atoms with Crippen LogP contribution < -0.4 is 0 Å². The zero-order valence-electron chi connectivity index (χ0n) is 15.4. The molecule has 0 aliphatic heterocycles. The van der Waals surface area contributed by atoms with E-state index in [1.807, 2.05) is 59.4 Å². The Bertz CT molecular complexity index is 1230. The molecule has 0 fully saturated rings. The third-order valence-corrected chi connectivity index (χ3v) is 4.50. The van der Waals surface area contributed by atoms with Crippen molar-refractivity contribution in [2.24, 2.45) is 0 Å². The summed E-state index contributed by atoms with van der Waals surface area (Å²) in [6, 6.07) is 17.7. The third kappa shape index (κ3) is 3.66. The first-order chi connectivity index (χ1) is 14.3. The van der Waals surface area contributed by atoms with Gasteiger partial charge in [0.05, 0.1) is 11.4 Å². The van der Waals surface area contributed by atoms with Crippen LogP contribution in [0.5, 0.6) is 0 Å². The maximum atomic E-state index is 5.45. The van der Waals surface area contributed by atoms with Gasteiger partial charge in [-0.25, -0.2) is 9.97 Å². The number of hydrogen-bond donors (Lipinski definition) is 0. The fraction of sp³-hybridized carbons (Fsp3) is 0.0455. The lowest BCUT2D eigenvalue weighted by molar-refractivity contribution is 0.373. The predicted molar refractivity (Wildman–Crippen MR) is 108 cm³/mol. The highest BCUT2D eigenvalue weighted by Crippen LogP contribution is 2.25. The third-order valence-electron chi connectivity index (χ3n) is 4.50. The van der Waals surface area contributed by atoms with E-state index < -0.39 is 0 Å². The van der Waals surface area contributed by atoms with Gasteiger partial charge in [-0.3, -0.25) is 9.67 Å². The lowest BCUT2D eigenvalue weighted by Gasteiger charge is -2.03. The van der Waals surface area contributed by atoms with Gasteiger partial charge in [0.15, 0.2) is 5.76 Å². The molecule has 0 bridgehead atoms. The molecule has 0 unspecified atom stereocenters. The Hall–Kier alpha value is -4.13. The molecular formula is C22H16N6O. The van der Waals surface area contributed by atoms with Crippen LogP contribution in [-0.2, 0) is 6.54 Å². The quantitative estimate of drug-likeness (QED) is 0.456. The Labute approximate surface area is 166 Å². The molecular weight excluding hydrogens is 364 g/mol. The molecule has 0 N–H and O–H groups in total. The van der Waals surface area contributed by atoms with Crippen LogP contribution in [0.15, 0.2) is 90.2 Å². The zero-order valence-corrected chi connectivity index (χ0v) is 15.4. The van der Waals surface area contributed by atoms with Gasteiger partial charge in [0.1, 0.15) is 18.6 Å². The Morgan fingerprint density at radius 3 is 2.55 bits per heavy atom. The summed E-state index contributed by atoms with van der Waals surface area (Å²) in [6.07, 6.45) is 8.79. The van der Waals surface area contributed by atoms with Gasteiger partial charge in [0, 0.05) is 42.0 Å². The summed E-state index contributed by atoms with van der Waals surface area (Å²) >= 11 is 0. The Balaban J connectivity index is 1.36. The molecule has 0 spiro atoms. The molecule has 140 valence electrons. The average molecular weight is 380 g/mol. The minimum Gasteiger partial charge on any atom is -0.359 e. The fourth-order valence-corrected chi connectivity index (χ4v) is 3.09. The molecule has 0 saturated carbocycles. The summed E-state index contributed by atoms with van der Waals surface area (Å²) in [5.41, 5.74) is 5.42. The van der Waals surface area contributed by atoms with E-state index in [9.17, 15) is 0 Å². The van der Waals surface area contributed by atoms with Crippen molar-refractivity contribution in [3.63, 3.8) is 0 Å². The number of hydrogen-bond acceptors (Lipinski definition) is 6. The Morgan fingerprint density at radius 1 is 0.793 bits per heavy atom. The van der Waals surface area contributed by atoms with Gasteiger partial charge >= 0.3 is 0 Å². The molecule has 0 aliphatic carbocycles. The molecule has 7 nitrogen and oxygen atoms in total. The van der Waals surface area contributed by atoms with E-state index >= 15 is 0 Å². The van der Waals surface area contributed by atoms with E-state index in [1.54, 1.807) is 18.6 Å². The number of aromatic nitrogens is 6. The highest BCUT2D eigenvalue weighted by Gasteiger charge is 2.10. The summed E-state index contributed by atoms with van der Waals surface area (Å²) in [5, 5.41) is 8.78. The molecule has 1 aromatic carbocycles. The van der Waals surface area contributed by atoms with Gasteiger partial charge in [-0.1, -0.05) is 29.4 Å². The van der Waals surface area contributed by atoms with Crippen molar-refractivity contribution < 1.29 is 4.52 Å². The van der Waals surface area contributed by atoms with Crippen LogP contribution in [0, 0.1) is 0 Å². The second-order valence-electron chi connectivity index (χ2n) is 6.50. The van der Waals surface area contributed by atoms with Crippen molar-refractivity contribution in [1.82, 2.24) is 29.9 Å². The van der Waals surface area contributed by atoms with Gasteiger partial charge in [-0.2, -0.15) is 5.10 Å². The largest absolute Gasteiger partial charge is 0.359 e. The summed E-state index contributed by atoms with van der Waals surface area (Å²) < 4.78 is 7.28. The van der Waals surface area contributed by atoms with Crippen LogP contribution in [0.25, 0.3) is 33.8 Å². The number of nitrogens with zero attached hydrogens (tertiary/aromatic N) is 6. The first-order valence-corrected chi connectivity index (χ1v) is 9.11. The first kappa shape index (κ1) is 17.0. The number of benzene rings is 1. The lowest BCUT2D eigenvalue weighted by Crippen LogP contribution is -1.99. The summed E-state index contributed by atoms with van der Waals surface area (Å²) in [6.45, 7) is 0.492. The monoisotopic (exact) mass is 380 g/mol. The van der Waals surface area contributed by atoms with Crippen LogP contribution in [0.1, 0.15) is 5.76 Å². The smallest absolute Gasteiger partial charge is 0.158 e. The van der Waals surface area contributed by atoms with Crippen LogP contribution in [0.2, 0.25) is 0 Å². The maximum absolute atomic E-state index is 5.45. The number of rotatable bonds is 5. The predicted octanol–water partition coefficient (Wildman–Crippen LogP) is 4.11. The molecule has 5 rings (SSSR count). The Morgan fingerprint density at radius 2 is 1.69 bits per heavy atom. The van der Waals surface area contributed by atoms with E-state index in [-0.39, 0.29) is 0 Å². The summed E-state index contributed by atoms with van der Waals surface area (Å²) in [7, 11) is 0. The van der Waals surface area contributed by atoms with Crippen LogP contribution >= 0.6 is 0 Å². The number of pyridine rings is 1.